The van der Waals surface area contributed by atoms with Gasteiger partial charge in [0.25, 0.3) is 0 Å². The molecule has 0 amide bonds. The van der Waals surface area contributed by atoms with Gasteiger partial charge in [0.1, 0.15) is 5.54 Å². The Bertz CT molecular complexity index is 313. The molecule has 0 aromatic carbocycles. The van der Waals surface area contributed by atoms with Gasteiger partial charge < -0.3 is 15.0 Å². The zero-order valence-corrected chi connectivity index (χ0v) is 12.6. The van der Waals surface area contributed by atoms with Crippen LogP contribution in [-0.2, 0) is 9.53 Å². The van der Waals surface area contributed by atoms with Gasteiger partial charge in [0.2, 0.25) is 0 Å². The Balaban J connectivity index is 2.02. The third-order valence-electron chi connectivity index (χ3n) is 4.93. The topological polar surface area (TPSA) is 41.6 Å². The summed E-state index contributed by atoms with van der Waals surface area (Å²) in [6.07, 6.45) is 6.35. The molecule has 0 spiro atoms. The van der Waals surface area contributed by atoms with Gasteiger partial charge in [-0.2, -0.15) is 0 Å². The van der Waals surface area contributed by atoms with E-state index < -0.39 is 5.54 Å². The lowest BCUT2D eigenvalue weighted by molar-refractivity contribution is -0.150. The lowest BCUT2D eigenvalue weighted by atomic mass is 9.84. The molecule has 0 aromatic rings. The monoisotopic (exact) mass is 268 g/mol. The van der Waals surface area contributed by atoms with Gasteiger partial charge in [-0.15, -0.1) is 0 Å². The zero-order chi connectivity index (χ0) is 13.9. The van der Waals surface area contributed by atoms with E-state index >= 15 is 0 Å². The van der Waals surface area contributed by atoms with Crippen LogP contribution < -0.4 is 5.32 Å². The van der Waals surface area contributed by atoms with Crippen LogP contribution in [0.1, 0.15) is 39.0 Å². The molecule has 110 valence electrons. The van der Waals surface area contributed by atoms with Crippen molar-refractivity contribution in [1.29, 1.82) is 0 Å². The van der Waals surface area contributed by atoms with Crippen molar-refractivity contribution < 1.29 is 9.53 Å². The maximum Gasteiger partial charge on any atom is 0.327 e. The Morgan fingerprint density at radius 1 is 1.37 bits per heavy atom. The average Bonchev–Trinajstić information content (AvgIpc) is 3.21. The SMILES string of the molecule is CCN(CC1CCC1)CC(NC)(C(=O)OC)C1CC1. The first-order valence-electron chi connectivity index (χ1n) is 7.66. The van der Waals surface area contributed by atoms with E-state index in [9.17, 15) is 4.79 Å². The van der Waals surface area contributed by atoms with Crippen molar-refractivity contribution >= 4 is 5.97 Å². The lowest BCUT2D eigenvalue weighted by Gasteiger charge is -2.38. The Kier molecular flexibility index (Phi) is 4.85. The van der Waals surface area contributed by atoms with Crippen LogP contribution in [0.5, 0.6) is 0 Å². The highest BCUT2D eigenvalue weighted by Gasteiger charge is 2.51. The van der Waals surface area contributed by atoms with Gasteiger partial charge in [0, 0.05) is 13.1 Å². The van der Waals surface area contributed by atoms with E-state index in [1.54, 1.807) is 0 Å². The molecule has 0 aromatic heterocycles. The van der Waals surface area contributed by atoms with E-state index in [0.717, 1.165) is 38.4 Å². The van der Waals surface area contributed by atoms with Gasteiger partial charge in [0.05, 0.1) is 7.11 Å². The molecule has 0 bridgehead atoms. The van der Waals surface area contributed by atoms with Gasteiger partial charge in [-0.3, -0.25) is 0 Å². The maximum atomic E-state index is 12.3. The molecule has 1 unspecified atom stereocenters. The number of nitrogens with one attached hydrogen (secondary N) is 1. The number of ether oxygens (including phenoxy) is 1. The van der Waals surface area contributed by atoms with Crippen LogP contribution in [-0.4, -0.2) is 50.2 Å². The predicted molar refractivity (Wildman–Crippen MR) is 76.0 cm³/mol. The molecule has 2 saturated carbocycles. The molecule has 0 radical (unpaired) electrons. The van der Waals surface area contributed by atoms with Crippen LogP contribution in [0.4, 0.5) is 0 Å². The molecule has 2 fully saturated rings. The molecule has 0 aliphatic heterocycles. The van der Waals surface area contributed by atoms with Crippen molar-refractivity contribution in [3.63, 3.8) is 0 Å². The lowest BCUT2D eigenvalue weighted by Crippen LogP contribution is -2.60. The third kappa shape index (κ3) is 3.11. The van der Waals surface area contributed by atoms with E-state index in [2.05, 4.69) is 17.1 Å². The van der Waals surface area contributed by atoms with Crippen LogP contribution >= 0.6 is 0 Å². The number of hydrogen-bond donors (Lipinski definition) is 1. The molecular formula is C15H28N2O2. The minimum atomic E-state index is -0.492. The van der Waals surface area contributed by atoms with Gasteiger partial charge in [-0.1, -0.05) is 13.3 Å². The van der Waals surface area contributed by atoms with Gasteiger partial charge in [-0.05, 0) is 51.1 Å². The number of rotatable bonds is 8. The fourth-order valence-corrected chi connectivity index (χ4v) is 3.20. The molecule has 2 rings (SSSR count). The van der Waals surface area contributed by atoms with Crippen molar-refractivity contribution in [2.24, 2.45) is 11.8 Å². The van der Waals surface area contributed by atoms with Crippen LogP contribution in [0.3, 0.4) is 0 Å². The molecule has 1 atom stereocenters. The van der Waals surface area contributed by atoms with Crippen LogP contribution in [0.25, 0.3) is 0 Å². The highest BCUT2D eigenvalue weighted by Crippen LogP contribution is 2.41. The first-order valence-corrected chi connectivity index (χ1v) is 7.66. The van der Waals surface area contributed by atoms with Crippen molar-refractivity contribution in [1.82, 2.24) is 10.2 Å². The number of methoxy groups -OCH3 is 1. The van der Waals surface area contributed by atoms with Crippen molar-refractivity contribution in [3.8, 4) is 0 Å². The minimum absolute atomic E-state index is 0.0930. The molecule has 19 heavy (non-hydrogen) atoms. The summed E-state index contributed by atoms with van der Waals surface area (Å²) < 4.78 is 5.07. The summed E-state index contributed by atoms with van der Waals surface area (Å²) in [5, 5.41) is 3.29. The quantitative estimate of drug-likeness (QED) is 0.680. The van der Waals surface area contributed by atoms with Gasteiger partial charge >= 0.3 is 5.97 Å². The second kappa shape index (κ2) is 6.23. The summed E-state index contributed by atoms with van der Waals surface area (Å²) >= 11 is 0. The van der Waals surface area contributed by atoms with E-state index in [1.807, 2.05) is 7.05 Å². The first-order chi connectivity index (χ1) is 9.16. The van der Waals surface area contributed by atoms with Crippen molar-refractivity contribution in [2.45, 2.75) is 44.6 Å². The van der Waals surface area contributed by atoms with E-state index in [1.165, 1.54) is 26.4 Å². The summed E-state index contributed by atoms with van der Waals surface area (Å²) in [6.45, 7) is 5.10. The van der Waals surface area contributed by atoms with Crippen LogP contribution in [0.2, 0.25) is 0 Å². The fourth-order valence-electron chi connectivity index (χ4n) is 3.20. The number of esters is 1. The molecule has 2 aliphatic rings. The summed E-state index contributed by atoms with van der Waals surface area (Å²) in [7, 11) is 3.39. The molecule has 0 heterocycles. The minimum Gasteiger partial charge on any atom is -0.468 e. The van der Waals surface area contributed by atoms with E-state index in [4.69, 9.17) is 4.74 Å². The molecular weight excluding hydrogens is 240 g/mol. The molecule has 2 aliphatic carbocycles. The standard InChI is InChI=1S/C15H28N2O2/c1-4-17(10-12-6-5-7-12)11-15(16-2,13-8-9-13)14(18)19-3/h12-13,16H,4-11H2,1-3H3. The number of carbonyl (C=O) groups excluding carboxylic acids is 1. The third-order valence-corrected chi connectivity index (χ3v) is 4.93. The maximum absolute atomic E-state index is 12.3. The zero-order valence-electron chi connectivity index (χ0n) is 12.6. The van der Waals surface area contributed by atoms with Crippen LogP contribution in [0, 0.1) is 11.8 Å². The summed E-state index contributed by atoms with van der Waals surface area (Å²) in [5.41, 5.74) is -0.492. The van der Waals surface area contributed by atoms with E-state index in [0.29, 0.717) is 5.92 Å². The van der Waals surface area contributed by atoms with Gasteiger partial charge in [-0.25, -0.2) is 4.79 Å². The van der Waals surface area contributed by atoms with Gasteiger partial charge in [0.15, 0.2) is 0 Å². The largest absolute Gasteiger partial charge is 0.468 e. The average molecular weight is 268 g/mol. The highest BCUT2D eigenvalue weighted by atomic mass is 16.5. The predicted octanol–water partition coefficient (Wildman–Crippen LogP) is 1.65. The molecule has 1 N–H and O–H groups in total. The Morgan fingerprint density at radius 3 is 2.42 bits per heavy atom. The summed E-state index contributed by atoms with van der Waals surface area (Å²) in [5.74, 6) is 1.19. The number of likely N-dealkylation sites (N-methyl/N-ethyl adjacent to an activating group) is 2. The fraction of sp³-hybridized carbons (Fsp3) is 0.933. The molecule has 0 saturated heterocycles. The van der Waals surface area contributed by atoms with E-state index in [-0.39, 0.29) is 5.97 Å². The summed E-state index contributed by atoms with van der Waals surface area (Å²) in [6, 6.07) is 0. The Labute approximate surface area is 116 Å². The summed E-state index contributed by atoms with van der Waals surface area (Å²) in [4.78, 5) is 14.7. The van der Waals surface area contributed by atoms with Crippen molar-refractivity contribution in [3.05, 3.63) is 0 Å². The van der Waals surface area contributed by atoms with Crippen LogP contribution in [0.15, 0.2) is 0 Å². The number of carbonyl (C=O) groups is 1. The first kappa shape index (κ1) is 14.8. The number of nitrogens with zero attached hydrogens (tertiary/aromatic N) is 1. The molecule has 4 nitrogen and oxygen atoms in total. The normalized spacial score (nSPS) is 22.9. The highest BCUT2D eigenvalue weighted by molar-refractivity contribution is 5.82. The Morgan fingerprint density at radius 2 is 2.05 bits per heavy atom. The number of hydrogen-bond acceptors (Lipinski definition) is 4. The molecule has 4 heteroatoms. The second-order valence-corrected chi connectivity index (χ2v) is 6.11. The van der Waals surface area contributed by atoms with Crippen molar-refractivity contribution in [2.75, 3.05) is 33.8 Å². The second-order valence-electron chi connectivity index (χ2n) is 6.11. The smallest absolute Gasteiger partial charge is 0.327 e. The Hall–Kier alpha value is -0.610.